The van der Waals surface area contributed by atoms with Crippen LogP contribution in [-0.2, 0) is 20.9 Å². The van der Waals surface area contributed by atoms with Crippen LogP contribution in [0.3, 0.4) is 0 Å². The number of carbonyl (C=O) groups is 2. The normalized spacial score (nSPS) is 25.1. The van der Waals surface area contributed by atoms with Crippen molar-refractivity contribution in [1.82, 2.24) is 14.7 Å². The third-order valence-electron chi connectivity index (χ3n) is 5.89. The maximum Gasteiger partial charge on any atom is 0.248 e. The first-order valence-corrected chi connectivity index (χ1v) is 9.69. The highest BCUT2D eigenvalue weighted by molar-refractivity contribution is 5.86. The molecule has 0 N–H and O–H groups in total. The second-order valence-electron chi connectivity index (χ2n) is 8.33. The van der Waals surface area contributed by atoms with Crippen LogP contribution in [0.25, 0.3) is 0 Å². The summed E-state index contributed by atoms with van der Waals surface area (Å²) >= 11 is 0. The van der Waals surface area contributed by atoms with Crippen molar-refractivity contribution in [2.75, 3.05) is 46.9 Å². The van der Waals surface area contributed by atoms with Crippen LogP contribution in [0.1, 0.15) is 19.4 Å². The Morgan fingerprint density at radius 1 is 1.19 bits per heavy atom. The number of carbonyl (C=O) groups excluding carboxylic acids is 2. The number of rotatable bonds is 6. The van der Waals surface area contributed by atoms with Crippen molar-refractivity contribution in [2.24, 2.45) is 11.3 Å². The van der Waals surface area contributed by atoms with E-state index in [1.54, 1.807) is 19.0 Å². The van der Waals surface area contributed by atoms with Crippen LogP contribution < -0.4 is 0 Å². The molecule has 1 aromatic carbocycles. The summed E-state index contributed by atoms with van der Waals surface area (Å²) in [6, 6.07) is 10.2. The summed E-state index contributed by atoms with van der Waals surface area (Å²) < 4.78 is 5.62. The lowest BCUT2D eigenvalue weighted by molar-refractivity contribution is -0.141. The van der Waals surface area contributed by atoms with E-state index in [1.165, 1.54) is 0 Å². The first-order chi connectivity index (χ1) is 12.8. The lowest BCUT2D eigenvalue weighted by Gasteiger charge is -2.31. The maximum absolute atomic E-state index is 13.0. The predicted molar refractivity (Wildman–Crippen MR) is 104 cm³/mol. The quantitative estimate of drug-likeness (QED) is 0.758. The molecule has 2 saturated heterocycles. The number of ether oxygens (including phenoxy) is 1. The van der Waals surface area contributed by atoms with Crippen LogP contribution in [0.5, 0.6) is 0 Å². The van der Waals surface area contributed by atoms with Crippen LogP contribution in [0.15, 0.2) is 30.3 Å². The van der Waals surface area contributed by atoms with Gasteiger partial charge in [-0.3, -0.25) is 14.5 Å². The summed E-state index contributed by atoms with van der Waals surface area (Å²) in [6.45, 7) is 7.52. The number of benzene rings is 1. The molecule has 148 valence electrons. The lowest BCUT2D eigenvalue weighted by Crippen LogP contribution is -2.48. The number of hydrogen-bond acceptors (Lipinski definition) is 4. The zero-order valence-corrected chi connectivity index (χ0v) is 16.9. The Bertz CT molecular complexity index is 677. The smallest absolute Gasteiger partial charge is 0.248 e. The molecule has 27 heavy (non-hydrogen) atoms. The predicted octanol–water partition coefficient (Wildman–Crippen LogP) is 1.46. The van der Waals surface area contributed by atoms with E-state index < -0.39 is 5.41 Å². The van der Waals surface area contributed by atoms with Gasteiger partial charge in [0.05, 0.1) is 12.0 Å². The van der Waals surface area contributed by atoms with Crippen molar-refractivity contribution in [3.05, 3.63) is 35.9 Å². The topological polar surface area (TPSA) is 53.1 Å². The summed E-state index contributed by atoms with van der Waals surface area (Å²) in [6.07, 6.45) is 0. The molecule has 2 aliphatic heterocycles. The van der Waals surface area contributed by atoms with Crippen molar-refractivity contribution in [1.29, 1.82) is 0 Å². The van der Waals surface area contributed by atoms with Gasteiger partial charge < -0.3 is 14.5 Å². The summed E-state index contributed by atoms with van der Waals surface area (Å²) in [5.74, 6) is 0.298. The zero-order chi connectivity index (χ0) is 19.6. The highest BCUT2D eigenvalue weighted by Crippen LogP contribution is 2.44. The Labute approximate surface area is 162 Å². The first-order valence-electron chi connectivity index (χ1n) is 9.69. The van der Waals surface area contributed by atoms with Crippen LogP contribution in [0.4, 0.5) is 0 Å². The molecule has 0 saturated carbocycles. The third kappa shape index (κ3) is 4.01. The summed E-state index contributed by atoms with van der Waals surface area (Å²) in [4.78, 5) is 31.6. The minimum absolute atomic E-state index is 0.0256. The van der Waals surface area contributed by atoms with E-state index in [0.29, 0.717) is 25.7 Å². The van der Waals surface area contributed by atoms with Gasteiger partial charge in [0.25, 0.3) is 0 Å². The minimum atomic E-state index is -0.483. The van der Waals surface area contributed by atoms with Crippen LogP contribution in [0.2, 0.25) is 0 Å². The van der Waals surface area contributed by atoms with E-state index >= 15 is 0 Å². The molecule has 0 unspecified atom stereocenters. The summed E-state index contributed by atoms with van der Waals surface area (Å²) in [5.41, 5.74) is 0.568. The number of hydrogen-bond donors (Lipinski definition) is 0. The van der Waals surface area contributed by atoms with E-state index in [-0.39, 0.29) is 24.3 Å². The molecule has 2 heterocycles. The van der Waals surface area contributed by atoms with Crippen LogP contribution >= 0.6 is 0 Å². The SMILES string of the molecule is CC(C)N1C[C@H]2CN(C(=O)COCc3ccccc3)C[C@@]2(C(=O)N(C)C)C1. The molecular formula is C21H31N3O3. The molecule has 6 heteroatoms. The van der Waals surface area contributed by atoms with E-state index in [9.17, 15) is 9.59 Å². The third-order valence-corrected chi connectivity index (χ3v) is 5.89. The first kappa shape index (κ1) is 19.8. The van der Waals surface area contributed by atoms with Gasteiger partial charge in [-0.2, -0.15) is 0 Å². The fraction of sp³-hybridized carbons (Fsp3) is 0.619. The Morgan fingerprint density at radius 3 is 2.52 bits per heavy atom. The average Bonchev–Trinajstić information content (AvgIpc) is 3.17. The molecule has 0 aromatic heterocycles. The van der Waals surface area contributed by atoms with Gasteiger partial charge in [-0.15, -0.1) is 0 Å². The van der Waals surface area contributed by atoms with Crippen molar-refractivity contribution in [2.45, 2.75) is 26.5 Å². The molecule has 0 bridgehead atoms. The van der Waals surface area contributed by atoms with Gasteiger partial charge in [0.1, 0.15) is 6.61 Å². The van der Waals surface area contributed by atoms with Crippen molar-refractivity contribution in [3.8, 4) is 0 Å². The average molecular weight is 373 g/mol. The second-order valence-corrected chi connectivity index (χ2v) is 8.33. The highest BCUT2D eigenvalue weighted by Gasteiger charge is 2.58. The lowest BCUT2D eigenvalue weighted by atomic mass is 9.79. The molecule has 2 atom stereocenters. The zero-order valence-electron chi connectivity index (χ0n) is 16.9. The Kier molecular flexibility index (Phi) is 5.86. The van der Waals surface area contributed by atoms with Gasteiger partial charge in [0, 0.05) is 52.2 Å². The van der Waals surface area contributed by atoms with Crippen molar-refractivity contribution < 1.29 is 14.3 Å². The molecule has 0 radical (unpaired) electrons. The van der Waals surface area contributed by atoms with E-state index in [1.807, 2.05) is 35.2 Å². The van der Waals surface area contributed by atoms with Gasteiger partial charge in [-0.1, -0.05) is 30.3 Å². The second kappa shape index (κ2) is 7.98. The van der Waals surface area contributed by atoms with Crippen LogP contribution in [-0.4, -0.2) is 79.4 Å². The van der Waals surface area contributed by atoms with Crippen molar-refractivity contribution >= 4 is 11.8 Å². The molecule has 2 amide bonds. The van der Waals surface area contributed by atoms with E-state index in [0.717, 1.165) is 18.7 Å². The fourth-order valence-corrected chi connectivity index (χ4v) is 4.36. The Hall–Kier alpha value is -1.92. The largest absolute Gasteiger partial charge is 0.367 e. The van der Waals surface area contributed by atoms with Gasteiger partial charge in [-0.25, -0.2) is 0 Å². The molecular weight excluding hydrogens is 342 g/mol. The standard InChI is InChI=1S/C21H31N3O3/c1-16(2)23-10-18-11-24(15-21(18,14-23)20(26)22(3)4)19(25)13-27-12-17-8-6-5-7-9-17/h5-9,16,18H,10-15H2,1-4H3/t18-,21-/m0/s1. The van der Waals surface area contributed by atoms with Crippen molar-refractivity contribution in [3.63, 3.8) is 0 Å². The molecule has 0 aliphatic carbocycles. The Morgan fingerprint density at radius 2 is 1.89 bits per heavy atom. The molecule has 2 aliphatic rings. The summed E-state index contributed by atoms with van der Waals surface area (Å²) in [7, 11) is 3.61. The number of amides is 2. The number of fused-ring (bicyclic) bond motifs is 1. The van der Waals surface area contributed by atoms with Gasteiger partial charge in [0.15, 0.2) is 0 Å². The van der Waals surface area contributed by atoms with E-state index in [2.05, 4.69) is 18.7 Å². The molecule has 6 nitrogen and oxygen atoms in total. The number of nitrogens with zero attached hydrogens (tertiary/aromatic N) is 3. The Balaban J connectivity index is 1.62. The van der Waals surface area contributed by atoms with Gasteiger partial charge >= 0.3 is 0 Å². The molecule has 0 spiro atoms. The van der Waals surface area contributed by atoms with Gasteiger partial charge in [-0.05, 0) is 19.4 Å². The monoisotopic (exact) mass is 373 g/mol. The molecule has 3 rings (SSSR count). The summed E-state index contributed by atoms with van der Waals surface area (Å²) in [5, 5.41) is 0. The maximum atomic E-state index is 13.0. The number of likely N-dealkylation sites (tertiary alicyclic amines) is 2. The molecule has 1 aromatic rings. The van der Waals surface area contributed by atoms with Gasteiger partial charge in [0.2, 0.25) is 11.8 Å². The molecule has 2 fully saturated rings. The minimum Gasteiger partial charge on any atom is -0.367 e. The van der Waals surface area contributed by atoms with Crippen LogP contribution in [0, 0.1) is 11.3 Å². The van der Waals surface area contributed by atoms with E-state index in [4.69, 9.17) is 4.74 Å². The fourth-order valence-electron chi connectivity index (χ4n) is 4.36. The highest BCUT2D eigenvalue weighted by atomic mass is 16.5.